The Bertz CT molecular complexity index is 584. The molecule has 0 amide bonds. The number of nitrogens with zero attached hydrogens (tertiary/aromatic N) is 2. The van der Waals surface area contributed by atoms with Crippen LogP contribution in [-0.4, -0.2) is 29.7 Å². The number of ether oxygens (including phenoxy) is 1. The van der Waals surface area contributed by atoms with E-state index in [0.717, 1.165) is 34.8 Å². The maximum Gasteiger partial charge on any atom is 0.223 e. The van der Waals surface area contributed by atoms with Gasteiger partial charge >= 0.3 is 0 Å². The van der Waals surface area contributed by atoms with Crippen LogP contribution in [0.5, 0.6) is 0 Å². The van der Waals surface area contributed by atoms with E-state index in [4.69, 9.17) is 4.74 Å². The summed E-state index contributed by atoms with van der Waals surface area (Å²) in [5.74, 6) is 1.36. The SMILES string of the molecule is COC1CC(CNc2ncc3cccc(Br)c3n2)C1. The molecule has 1 N–H and O–H groups in total. The van der Waals surface area contributed by atoms with Gasteiger partial charge in [0, 0.05) is 29.7 Å². The number of aromatic nitrogens is 2. The second-order valence-corrected chi connectivity index (χ2v) is 5.80. The van der Waals surface area contributed by atoms with Crippen LogP contribution in [0, 0.1) is 5.92 Å². The predicted octanol–water partition coefficient (Wildman–Crippen LogP) is 3.23. The van der Waals surface area contributed by atoms with E-state index < -0.39 is 0 Å². The Morgan fingerprint density at radius 1 is 1.42 bits per heavy atom. The molecule has 0 unspecified atom stereocenters. The Balaban J connectivity index is 1.67. The van der Waals surface area contributed by atoms with Gasteiger partial charge in [-0.2, -0.15) is 0 Å². The lowest BCUT2D eigenvalue weighted by molar-refractivity contribution is 0.00559. The van der Waals surface area contributed by atoms with E-state index in [1.54, 1.807) is 7.11 Å². The number of methoxy groups -OCH3 is 1. The van der Waals surface area contributed by atoms with Crippen LogP contribution >= 0.6 is 15.9 Å². The van der Waals surface area contributed by atoms with Crippen LogP contribution in [0.2, 0.25) is 0 Å². The van der Waals surface area contributed by atoms with Crippen molar-refractivity contribution in [1.82, 2.24) is 9.97 Å². The molecule has 19 heavy (non-hydrogen) atoms. The van der Waals surface area contributed by atoms with Crippen molar-refractivity contribution in [2.75, 3.05) is 19.0 Å². The minimum Gasteiger partial charge on any atom is -0.381 e. The zero-order valence-corrected chi connectivity index (χ0v) is 12.4. The van der Waals surface area contributed by atoms with Crippen molar-refractivity contribution in [3.63, 3.8) is 0 Å². The van der Waals surface area contributed by atoms with Crippen molar-refractivity contribution in [3.8, 4) is 0 Å². The van der Waals surface area contributed by atoms with E-state index in [-0.39, 0.29) is 0 Å². The molecule has 1 aromatic heterocycles. The highest BCUT2D eigenvalue weighted by Gasteiger charge is 2.28. The molecule has 0 aliphatic heterocycles. The number of benzene rings is 1. The maximum atomic E-state index is 5.28. The normalized spacial score (nSPS) is 22.2. The molecule has 4 nitrogen and oxygen atoms in total. The van der Waals surface area contributed by atoms with Crippen LogP contribution in [0.25, 0.3) is 10.9 Å². The fourth-order valence-electron chi connectivity index (χ4n) is 2.37. The van der Waals surface area contributed by atoms with Gasteiger partial charge in [-0.15, -0.1) is 0 Å². The van der Waals surface area contributed by atoms with Gasteiger partial charge in [-0.25, -0.2) is 9.97 Å². The maximum absolute atomic E-state index is 5.28. The highest BCUT2D eigenvalue weighted by atomic mass is 79.9. The van der Waals surface area contributed by atoms with Gasteiger partial charge < -0.3 is 10.1 Å². The Morgan fingerprint density at radius 2 is 2.26 bits per heavy atom. The van der Waals surface area contributed by atoms with Crippen molar-refractivity contribution in [3.05, 3.63) is 28.9 Å². The summed E-state index contributed by atoms with van der Waals surface area (Å²) in [5.41, 5.74) is 0.948. The van der Waals surface area contributed by atoms with Crippen LogP contribution in [-0.2, 0) is 4.74 Å². The lowest BCUT2D eigenvalue weighted by Gasteiger charge is -2.34. The zero-order valence-electron chi connectivity index (χ0n) is 10.8. The molecule has 0 spiro atoms. The third-order valence-corrected chi connectivity index (χ3v) is 4.28. The zero-order chi connectivity index (χ0) is 13.2. The third kappa shape index (κ3) is 2.72. The van der Waals surface area contributed by atoms with Crippen LogP contribution < -0.4 is 5.32 Å². The quantitative estimate of drug-likeness (QED) is 0.939. The third-order valence-electron chi connectivity index (χ3n) is 3.64. The topological polar surface area (TPSA) is 47.0 Å². The average Bonchev–Trinajstić information content (AvgIpc) is 2.38. The van der Waals surface area contributed by atoms with Gasteiger partial charge in [0.05, 0.1) is 11.6 Å². The summed E-state index contributed by atoms with van der Waals surface area (Å²) in [6, 6.07) is 6.00. The molecule has 0 radical (unpaired) electrons. The number of para-hydroxylation sites is 1. The van der Waals surface area contributed by atoms with E-state index in [2.05, 4.69) is 31.2 Å². The molecule has 1 fully saturated rings. The second-order valence-electron chi connectivity index (χ2n) is 4.95. The molecule has 5 heteroatoms. The number of anilines is 1. The largest absolute Gasteiger partial charge is 0.381 e. The average molecular weight is 322 g/mol. The summed E-state index contributed by atoms with van der Waals surface area (Å²) < 4.78 is 6.28. The Morgan fingerprint density at radius 3 is 3.05 bits per heavy atom. The molecule has 0 bridgehead atoms. The van der Waals surface area contributed by atoms with Crippen molar-refractivity contribution in [2.24, 2.45) is 5.92 Å². The standard InChI is InChI=1S/C14H16BrN3O/c1-19-11-5-9(6-11)7-16-14-17-8-10-3-2-4-12(15)13(10)18-14/h2-4,8-9,11H,5-7H2,1H3,(H,16,17,18). The van der Waals surface area contributed by atoms with Crippen molar-refractivity contribution >= 4 is 32.8 Å². The van der Waals surface area contributed by atoms with Crippen molar-refractivity contribution < 1.29 is 4.74 Å². The fraction of sp³-hybridized carbons (Fsp3) is 0.429. The molecule has 1 aromatic carbocycles. The summed E-state index contributed by atoms with van der Waals surface area (Å²) in [6.07, 6.45) is 4.55. The molecule has 0 atom stereocenters. The van der Waals surface area contributed by atoms with E-state index in [9.17, 15) is 0 Å². The van der Waals surface area contributed by atoms with E-state index in [0.29, 0.717) is 18.0 Å². The number of fused-ring (bicyclic) bond motifs is 1. The first kappa shape index (κ1) is 12.8. The van der Waals surface area contributed by atoms with E-state index in [1.165, 1.54) is 0 Å². The molecular formula is C14H16BrN3O. The number of rotatable bonds is 4. The van der Waals surface area contributed by atoms with Crippen molar-refractivity contribution in [2.45, 2.75) is 18.9 Å². The molecule has 1 aliphatic carbocycles. The second kappa shape index (κ2) is 5.43. The number of hydrogen-bond acceptors (Lipinski definition) is 4. The Labute approximate surface area is 120 Å². The van der Waals surface area contributed by atoms with Gasteiger partial charge in [0.2, 0.25) is 5.95 Å². The fourth-order valence-corrected chi connectivity index (χ4v) is 2.84. The summed E-state index contributed by atoms with van der Waals surface area (Å²) in [6.45, 7) is 0.913. The first-order valence-electron chi connectivity index (χ1n) is 6.44. The van der Waals surface area contributed by atoms with Crippen LogP contribution in [0.15, 0.2) is 28.9 Å². The lowest BCUT2D eigenvalue weighted by atomic mass is 9.82. The molecule has 100 valence electrons. The molecule has 1 heterocycles. The van der Waals surface area contributed by atoms with Crippen LogP contribution in [0.4, 0.5) is 5.95 Å². The molecule has 2 aromatic rings. The van der Waals surface area contributed by atoms with Crippen LogP contribution in [0.1, 0.15) is 12.8 Å². The molecular weight excluding hydrogens is 306 g/mol. The van der Waals surface area contributed by atoms with E-state index in [1.807, 2.05) is 24.4 Å². The highest BCUT2D eigenvalue weighted by Crippen LogP contribution is 2.29. The van der Waals surface area contributed by atoms with Gasteiger partial charge in [-0.1, -0.05) is 12.1 Å². The van der Waals surface area contributed by atoms with E-state index >= 15 is 0 Å². The van der Waals surface area contributed by atoms with Gasteiger partial charge in [0.25, 0.3) is 0 Å². The number of halogens is 1. The van der Waals surface area contributed by atoms with Gasteiger partial charge in [-0.3, -0.25) is 0 Å². The Kier molecular flexibility index (Phi) is 3.66. The summed E-state index contributed by atoms with van der Waals surface area (Å²) >= 11 is 3.52. The summed E-state index contributed by atoms with van der Waals surface area (Å²) in [4.78, 5) is 8.89. The van der Waals surface area contributed by atoms with Gasteiger partial charge in [0.1, 0.15) is 0 Å². The number of hydrogen-bond donors (Lipinski definition) is 1. The minimum absolute atomic E-state index is 0.443. The summed E-state index contributed by atoms with van der Waals surface area (Å²) in [7, 11) is 1.78. The molecule has 0 saturated heterocycles. The first-order chi connectivity index (χ1) is 9.26. The van der Waals surface area contributed by atoms with Crippen molar-refractivity contribution in [1.29, 1.82) is 0 Å². The molecule has 1 saturated carbocycles. The van der Waals surface area contributed by atoms with Gasteiger partial charge in [-0.05, 0) is 40.8 Å². The van der Waals surface area contributed by atoms with Gasteiger partial charge in [0.15, 0.2) is 0 Å². The highest BCUT2D eigenvalue weighted by molar-refractivity contribution is 9.10. The monoisotopic (exact) mass is 321 g/mol. The minimum atomic E-state index is 0.443. The number of nitrogens with one attached hydrogen (secondary N) is 1. The predicted molar refractivity (Wildman–Crippen MR) is 79.2 cm³/mol. The lowest BCUT2D eigenvalue weighted by Crippen LogP contribution is -2.34. The first-order valence-corrected chi connectivity index (χ1v) is 7.23. The Hall–Kier alpha value is -1.20. The summed E-state index contributed by atoms with van der Waals surface area (Å²) in [5, 5.41) is 4.36. The smallest absolute Gasteiger partial charge is 0.223 e. The molecule has 1 aliphatic rings. The molecule has 3 rings (SSSR count). The van der Waals surface area contributed by atoms with Crippen LogP contribution in [0.3, 0.4) is 0 Å².